The molecule has 1 amide bonds. The Labute approximate surface area is 142 Å². The predicted molar refractivity (Wildman–Crippen MR) is 90.1 cm³/mol. The first-order chi connectivity index (χ1) is 11.6. The second-order valence-corrected chi connectivity index (χ2v) is 5.40. The summed E-state index contributed by atoms with van der Waals surface area (Å²) in [5.74, 6) is 0.262. The van der Waals surface area contributed by atoms with Crippen molar-refractivity contribution in [3.8, 4) is 0 Å². The highest BCUT2D eigenvalue weighted by molar-refractivity contribution is 6.30. The number of carbonyl (C=O) groups excluding carboxylic acids is 1. The lowest BCUT2D eigenvalue weighted by atomic mass is 10.2. The third kappa shape index (κ3) is 3.85. The molecule has 0 fully saturated rings. The number of nitrogens with zero attached hydrogens (tertiary/aromatic N) is 5. The molecule has 0 saturated heterocycles. The van der Waals surface area contributed by atoms with Crippen LogP contribution in [0.3, 0.4) is 0 Å². The Bertz CT molecular complexity index is 803. The quantitative estimate of drug-likeness (QED) is 0.739. The average molecular weight is 344 g/mol. The monoisotopic (exact) mass is 343 g/mol. The van der Waals surface area contributed by atoms with Crippen LogP contribution < -0.4 is 10.6 Å². The van der Waals surface area contributed by atoms with Gasteiger partial charge in [0.25, 0.3) is 0 Å². The number of aromatic nitrogens is 5. The maximum atomic E-state index is 12.2. The van der Waals surface area contributed by atoms with E-state index in [1.54, 1.807) is 19.1 Å². The maximum Gasteiger partial charge on any atom is 0.249 e. The molecule has 0 aliphatic carbocycles. The van der Waals surface area contributed by atoms with Gasteiger partial charge in [0, 0.05) is 11.4 Å². The topological polar surface area (TPSA) is 97.6 Å². The fourth-order valence-corrected chi connectivity index (χ4v) is 2.02. The molecule has 0 spiro atoms. The molecule has 0 radical (unpaired) electrons. The lowest BCUT2D eigenvalue weighted by Gasteiger charge is -2.12. The number of halogens is 1. The predicted octanol–water partition coefficient (Wildman–Crippen LogP) is 2.66. The maximum absolute atomic E-state index is 12.2. The van der Waals surface area contributed by atoms with E-state index in [4.69, 9.17) is 11.6 Å². The van der Waals surface area contributed by atoms with Crippen LogP contribution in [0.15, 0.2) is 49.3 Å². The Morgan fingerprint density at radius 2 is 1.83 bits per heavy atom. The van der Waals surface area contributed by atoms with Crippen molar-refractivity contribution >= 4 is 34.8 Å². The van der Waals surface area contributed by atoms with Gasteiger partial charge in [0.1, 0.15) is 18.7 Å². The number of carbonyl (C=O) groups is 1. The van der Waals surface area contributed by atoms with Crippen LogP contribution in [0, 0.1) is 0 Å². The molecule has 0 aliphatic heterocycles. The summed E-state index contributed by atoms with van der Waals surface area (Å²) in [5, 5.41) is 10.3. The summed E-state index contributed by atoms with van der Waals surface area (Å²) in [6.45, 7) is 1.75. The zero-order valence-corrected chi connectivity index (χ0v) is 13.5. The molecule has 2 N–H and O–H groups in total. The summed E-state index contributed by atoms with van der Waals surface area (Å²) in [6, 6.07) is 6.74. The zero-order valence-electron chi connectivity index (χ0n) is 12.7. The molecule has 24 heavy (non-hydrogen) atoms. The van der Waals surface area contributed by atoms with Crippen molar-refractivity contribution in [1.82, 2.24) is 24.7 Å². The SMILES string of the molecule is CC(C(=O)Nc1ccc(Nc2ncc(Cl)cn2)cc1)n1cncn1. The van der Waals surface area contributed by atoms with Gasteiger partial charge in [0.15, 0.2) is 0 Å². The first kappa shape index (κ1) is 15.9. The van der Waals surface area contributed by atoms with Crippen molar-refractivity contribution in [3.63, 3.8) is 0 Å². The smallest absolute Gasteiger partial charge is 0.249 e. The first-order valence-corrected chi connectivity index (χ1v) is 7.49. The van der Waals surface area contributed by atoms with Crippen molar-refractivity contribution in [2.75, 3.05) is 10.6 Å². The van der Waals surface area contributed by atoms with Crippen LogP contribution in [-0.2, 0) is 4.79 Å². The van der Waals surface area contributed by atoms with Crippen molar-refractivity contribution in [3.05, 3.63) is 54.3 Å². The summed E-state index contributed by atoms with van der Waals surface area (Å²) in [7, 11) is 0. The van der Waals surface area contributed by atoms with Gasteiger partial charge in [-0.1, -0.05) is 11.6 Å². The van der Waals surface area contributed by atoms with Gasteiger partial charge in [0.2, 0.25) is 11.9 Å². The fraction of sp³-hybridized carbons (Fsp3) is 0.133. The van der Waals surface area contributed by atoms with E-state index in [0.717, 1.165) is 5.69 Å². The number of rotatable bonds is 5. The van der Waals surface area contributed by atoms with Gasteiger partial charge in [0.05, 0.1) is 17.4 Å². The molecule has 0 bridgehead atoms. The standard InChI is InChI=1S/C15H14ClN7O/c1-10(23-9-17-8-20-23)14(24)21-12-2-4-13(5-3-12)22-15-18-6-11(16)7-19-15/h2-10H,1H3,(H,21,24)(H,18,19,22). The van der Waals surface area contributed by atoms with E-state index < -0.39 is 6.04 Å². The number of benzene rings is 1. The Hall–Kier alpha value is -3.00. The van der Waals surface area contributed by atoms with E-state index in [9.17, 15) is 4.79 Å². The van der Waals surface area contributed by atoms with Crippen LogP contribution >= 0.6 is 11.6 Å². The largest absolute Gasteiger partial charge is 0.324 e. The van der Waals surface area contributed by atoms with E-state index in [0.29, 0.717) is 16.7 Å². The summed E-state index contributed by atoms with van der Waals surface area (Å²) in [5.41, 5.74) is 1.47. The van der Waals surface area contributed by atoms with E-state index in [1.807, 2.05) is 12.1 Å². The molecule has 122 valence electrons. The molecule has 0 saturated carbocycles. The third-order valence-electron chi connectivity index (χ3n) is 3.24. The molecule has 1 unspecified atom stereocenters. The number of anilines is 3. The number of nitrogens with one attached hydrogen (secondary N) is 2. The van der Waals surface area contributed by atoms with Crippen molar-refractivity contribution in [2.24, 2.45) is 0 Å². The molecular weight excluding hydrogens is 330 g/mol. The second-order valence-electron chi connectivity index (χ2n) is 4.97. The van der Waals surface area contributed by atoms with Gasteiger partial charge in [-0.25, -0.2) is 19.6 Å². The minimum absolute atomic E-state index is 0.178. The highest BCUT2D eigenvalue weighted by Crippen LogP contribution is 2.18. The van der Waals surface area contributed by atoms with Crippen molar-refractivity contribution in [1.29, 1.82) is 0 Å². The molecule has 3 rings (SSSR count). The Morgan fingerprint density at radius 3 is 2.46 bits per heavy atom. The van der Waals surface area contributed by atoms with E-state index in [2.05, 4.69) is 30.7 Å². The molecule has 3 aromatic rings. The molecule has 8 nitrogen and oxygen atoms in total. The van der Waals surface area contributed by atoms with Crippen molar-refractivity contribution in [2.45, 2.75) is 13.0 Å². The molecular formula is C15H14ClN7O. The summed E-state index contributed by atoms with van der Waals surface area (Å²) in [6.07, 6.45) is 5.92. The third-order valence-corrected chi connectivity index (χ3v) is 3.44. The summed E-state index contributed by atoms with van der Waals surface area (Å²) in [4.78, 5) is 24.1. The van der Waals surface area contributed by atoms with Crippen LogP contribution in [0.1, 0.15) is 13.0 Å². The van der Waals surface area contributed by atoms with Crippen LogP contribution in [0.4, 0.5) is 17.3 Å². The molecule has 1 aromatic carbocycles. The van der Waals surface area contributed by atoms with Gasteiger partial charge in [-0.3, -0.25) is 4.79 Å². The number of hydrogen-bond donors (Lipinski definition) is 2. The second kappa shape index (κ2) is 7.05. The highest BCUT2D eigenvalue weighted by Gasteiger charge is 2.15. The number of amides is 1. The zero-order chi connectivity index (χ0) is 16.9. The molecule has 0 aliphatic rings. The number of hydrogen-bond acceptors (Lipinski definition) is 6. The Morgan fingerprint density at radius 1 is 1.17 bits per heavy atom. The van der Waals surface area contributed by atoms with Crippen molar-refractivity contribution < 1.29 is 4.79 Å². The minimum atomic E-state index is -0.451. The molecule has 2 aromatic heterocycles. The lowest BCUT2D eigenvalue weighted by molar-refractivity contribution is -0.119. The van der Waals surface area contributed by atoms with Crippen LogP contribution in [0.25, 0.3) is 0 Å². The molecule has 9 heteroatoms. The molecule has 2 heterocycles. The Balaban J connectivity index is 1.62. The van der Waals surface area contributed by atoms with E-state index in [-0.39, 0.29) is 5.91 Å². The molecule has 1 atom stereocenters. The van der Waals surface area contributed by atoms with Gasteiger partial charge in [-0.15, -0.1) is 0 Å². The van der Waals surface area contributed by atoms with E-state index in [1.165, 1.54) is 29.7 Å². The fourth-order valence-electron chi connectivity index (χ4n) is 1.93. The minimum Gasteiger partial charge on any atom is -0.324 e. The van der Waals surface area contributed by atoms with Crippen LogP contribution in [0.2, 0.25) is 5.02 Å². The normalized spacial score (nSPS) is 11.8. The van der Waals surface area contributed by atoms with Gasteiger partial charge in [-0.2, -0.15) is 5.10 Å². The lowest BCUT2D eigenvalue weighted by Crippen LogP contribution is -2.23. The van der Waals surface area contributed by atoms with Crippen LogP contribution in [-0.4, -0.2) is 30.6 Å². The summed E-state index contributed by atoms with van der Waals surface area (Å²) < 4.78 is 1.49. The summed E-state index contributed by atoms with van der Waals surface area (Å²) >= 11 is 5.74. The van der Waals surface area contributed by atoms with Crippen LogP contribution in [0.5, 0.6) is 0 Å². The van der Waals surface area contributed by atoms with Gasteiger partial charge in [-0.05, 0) is 31.2 Å². The van der Waals surface area contributed by atoms with Gasteiger partial charge < -0.3 is 10.6 Å². The van der Waals surface area contributed by atoms with Gasteiger partial charge >= 0.3 is 0 Å². The Kier molecular flexibility index (Phi) is 4.66. The van der Waals surface area contributed by atoms with E-state index >= 15 is 0 Å². The highest BCUT2D eigenvalue weighted by atomic mass is 35.5. The first-order valence-electron chi connectivity index (χ1n) is 7.11. The average Bonchev–Trinajstić information content (AvgIpc) is 3.12.